The van der Waals surface area contributed by atoms with Crippen LogP contribution < -0.4 is 10.5 Å². The molecule has 0 bridgehead atoms. The lowest BCUT2D eigenvalue weighted by atomic mass is 10.1. The van der Waals surface area contributed by atoms with Gasteiger partial charge in [-0.2, -0.15) is 5.26 Å². The van der Waals surface area contributed by atoms with Crippen LogP contribution in [0.25, 0.3) is 0 Å². The van der Waals surface area contributed by atoms with Crippen molar-refractivity contribution in [3.05, 3.63) is 59.2 Å². The third-order valence-electron chi connectivity index (χ3n) is 2.52. The smallest absolute Gasteiger partial charge is 0.142 e. The summed E-state index contributed by atoms with van der Waals surface area (Å²) in [5.74, 6) is -0.685. The average Bonchev–Trinajstić information content (AvgIpc) is 2.39. The minimum absolute atomic E-state index is 0.0480. The van der Waals surface area contributed by atoms with E-state index in [4.69, 9.17) is 15.7 Å². The topological polar surface area (TPSA) is 59.0 Å². The highest BCUT2D eigenvalue weighted by molar-refractivity contribution is 5.52. The molecular weight excluding hydrogens is 250 g/mol. The molecule has 0 aliphatic carbocycles. The van der Waals surface area contributed by atoms with E-state index < -0.39 is 11.6 Å². The summed E-state index contributed by atoms with van der Waals surface area (Å²) in [5.41, 5.74) is 6.35. The van der Waals surface area contributed by atoms with E-state index in [0.717, 1.165) is 6.07 Å². The normalized spacial score (nSPS) is 9.95. The van der Waals surface area contributed by atoms with Crippen LogP contribution in [0, 0.1) is 23.0 Å². The van der Waals surface area contributed by atoms with Crippen molar-refractivity contribution in [1.29, 1.82) is 5.26 Å². The molecular formula is C14H10F2N2O. The Balaban J connectivity index is 2.13. The Labute approximate surface area is 108 Å². The summed E-state index contributed by atoms with van der Waals surface area (Å²) in [5, 5.41) is 8.71. The van der Waals surface area contributed by atoms with Gasteiger partial charge in [0.1, 0.15) is 30.1 Å². The Kier molecular flexibility index (Phi) is 3.62. The molecule has 0 heterocycles. The van der Waals surface area contributed by atoms with Crippen molar-refractivity contribution in [1.82, 2.24) is 0 Å². The summed E-state index contributed by atoms with van der Waals surface area (Å²) in [6, 6.07) is 9.66. The van der Waals surface area contributed by atoms with Crippen LogP contribution in [0.4, 0.5) is 14.5 Å². The minimum atomic E-state index is -0.576. The molecule has 5 heteroatoms. The third kappa shape index (κ3) is 2.99. The number of nitrogens with zero attached hydrogens (tertiary/aromatic N) is 1. The fraction of sp³-hybridized carbons (Fsp3) is 0.0714. The van der Waals surface area contributed by atoms with E-state index in [1.807, 2.05) is 0 Å². The standard InChI is InChI=1S/C14H10F2N2O/c15-11-2-4-14(13(18)6-11)19-8-9-1-3-12(16)10(5-9)7-17/h1-6H,8,18H2. The van der Waals surface area contributed by atoms with Gasteiger partial charge in [0.05, 0.1) is 11.3 Å². The Hall–Kier alpha value is -2.61. The number of nitriles is 1. The monoisotopic (exact) mass is 260 g/mol. The van der Waals surface area contributed by atoms with Crippen LogP contribution >= 0.6 is 0 Å². The van der Waals surface area contributed by atoms with Crippen LogP contribution in [-0.4, -0.2) is 0 Å². The zero-order valence-corrected chi connectivity index (χ0v) is 9.86. The second-order valence-electron chi connectivity index (χ2n) is 3.90. The van der Waals surface area contributed by atoms with Crippen molar-refractivity contribution < 1.29 is 13.5 Å². The number of benzene rings is 2. The Morgan fingerprint density at radius 3 is 2.63 bits per heavy atom. The van der Waals surface area contributed by atoms with Crippen LogP contribution in [0.5, 0.6) is 5.75 Å². The van der Waals surface area contributed by atoms with E-state index in [1.165, 1.54) is 30.3 Å². The first-order chi connectivity index (χ1) is 9.10. The van der Waals surface area contributed by atoms with Gasteiger partial charge in [0.2, 0.25) is 0 Å². The molecule has 0 aliphatic rings. The first-order valence-electron chi connectivity index (χ1n) is 5.46. The van der Waals surface area contributed by atoms with Crippen molar-refractivity contribution >= 4 is 5.69 Å². The molecule has 0 saturated carbocycles. The van der Waals surface area contributed by atoms with Gasteiger partial charge >= 0.3 is 0 Å². The van der Waals surface area contributed by atoms with Crippen molar-refractivity contribution in [2.75, 3.05) is 5.73 Å². The molecule has 2 N–H and O–H groups in total. The number of halogens is 2. The summed E-state index contributed by atoms with van der Waals surface area (Å²) in [7, 11) is 0. The predicted octanol–water partition coefficient (Wildman–Crippen LogP) is 3.00. The van der Waals surface area contributed by atoms with E-state index in [-0.39, 0.29) is 17.9 Å². The fourth-order valence-corrected chi connectivity index (χ4v) is 1.56. The highest BCUT2D eigenvalue weighted by Crippen LogP contribution is 2.23. The van der Waals surface area contributed by atoms with Gasteiger partial charge in [-0.3, -0.25) is 0 Å². The first-order valence-corrected chi connectivity index (χ1v) is 5.46. The molecule has 2 aromatic rings. The number of hydrogen-bond acceptors (Lipinski definition) is 3. The lowest BCUT2D eigenvalue weighted by molar-refractivity contribution is 0.307. The second-order valence-corrected chi connectivity index (χ2v) is 3.90. The van der Waals surface area contributed by atoms with Crippen molar-refractivity contribution in [3.63, 3.8) is 0 Å². The summed E-state index contributed by atoms with van der Waals surface area (Å²) < 4.78 is 31.4. The number of ether oxygens (including phenoxy) is 1. The van der Waals surface area contributed by atoms with Gasteiger partial charge in [0.15, 0.2) is 0 Å². The van der Waals surface area contributed by atoms with Gasteiger partial charge in [-0.25, -0.2) is 8.78 Å². The third-order valence-corrected chi connectivity index (χ3v) is 2.52. The Morgan fingerprint density at radius 1 is 1.16 bits per heavy atom. The summed E-state index contributed by atoms with van der Waals surface area (Å²) >= 11 is 0. The highest BCUT2D eigenvalue weighted by atomic mass is 19.1. The number of nitrogens with two attached hydrogens (primary N) is 1. The summed E-state index contributed by atoms with van der Waals surface area (Å²) in [4.78, 5) is 0. The Morgan fingerprint density at radius 2 is 1.95 bits per heavy atom. The number of rotatable bonds is 3. The maximum absolute atomic E-state index is 13.1. The molecule has 0 atom stereocenters. The van der Waals surface area contributed by atoms with Gasteiger partial charge in [0.25, 0.3) is 0 Å². The van der Waals surface area contributed by atoms with E-state index in [9.17, 15) is 8.78 Å². The van der Waals surface area contributed by atoms with Crippen LogP contribution in [0.1, 0.15) is 11.1 Å². The SMILES string of the molecule is N#Cc1cc(COc2ccc(F)cc2N)ccc1F. The number of nitrogen functional groups attached to an aromatic ring is 1. The molecule has 0 unspecified atom stereocenters. The molecule has 19 heavy (non-hydrogen) atoms. The van der Waals surface area contributed by atoms with Crippen molar-refractivity contribution in [3.8, 4) is 11.8 Å². The van der Waals surface area contributed by atoms with Crippen LogP contribution in [0.3, 0.4) is 0 Å². The zero-order chi connectivity index (χ0) is 13.8. The van der Waals surface area contributed by atoms with Crippen molar-refractivity contribution in [2.45, 2.75) is 6.61 Å². The average molecular weight is 260 g/mol. The van der Waals surface area contributed by atoms with E-state index in [1.54, 1.807) is 6.07 Å². The highest BCUT2D eigenvalue weighted by Gasteiger charge is 2.05. The van der Waals surface area contributed by atoms with Crippen LogP contribution in [0.2, 0.25) is 0 Å². The van der Waals surface area contributed by atoms with Gasteiger partial charge < -0.3 is 10.5 Å². The zero-order valence-electron chi connectivity index (χ0n) is 9.86. The van der Waals surface area contributed by atoms with Gasteiger partial charge in [-0.1, -0.05) is 6.07 Å². The molecule has 2 rings (SSSR count). The Bertz CT molecular complexity index is 650. The molecule has 0 aliphatic heterocycles. The maximum Gasteiger partial charge on any atom is 0.142 e. The molecule has 0 saturated heterocycles. The van der Waals surface area contributed by atoms with Crippen LogP contribution in [0.15, 0.2) is 36.4 Å². The van der Waals surface area contributed by atoms with Gasteiger partial charge in [-0.15, -0.1) is 0 Å². The van der Waals surface area contributed by atoms with Crippen LogP contribution in [-0.2, 0) is 6.61 Å². The molecule has 0 fully saturated rings. The first kappa shape index (κ1) is 12.8. The second kappa shape index (κ2) is 5.36. The quantitative estimate of drug-likeness (QED) is 0.863. The molecule has 2 aromatic carbocycles. The maximum atomic E-state index is 13.1. The van der Waals surface area contributed by atoms with E-state index >= 15 is 0 Å². The lowest BCUT2D eigenvalue weighted by Crippen LogP contribution is -2.00. The molecule has 0 amide bonds. The molecule has 0 spiro atoms. The predicted molar refractivity (Wildman–Crippen MR) is 66.3 cm³/mol. The minimum Gasteiger partial charge on any atom is -0.487 e. The largest absolute Gasteiger partial charge is 0.487 e. The summed E-state index contributed by atoms with van der Waals surface area (Å²) in [6.07, 6.45) is 0. The fourth-order valence-electron chi connectivity index (χ4n) is 1.56. The molecule has 3 nitrogen and oxygen atoms in total. The molecule has 0 aromatic heterocycles. The van der Waals surface area contributed by atoms with E-state index in [0.29, 0.717) is 11.3 Å². The number of hydrogen-bond donors (Lipinski definition) is 1. The van der Waals surface area contributed by atoms with Gasteiger partial charge in [-0.05, 0) is 29.8 Å². The van der Waals surface area contributed by atoms with E-state index in [2.05, 4.69) is 0 Å². The molecule has 96 valence electrons. The molecule has 0 radical (unpaired) electrons. The van der Waals surface area contributed by atoms with Crippen molar-refractivity contribution in [2.24, 2.45) is 0 Å². The van der Waals surface area contributed by atoms with Gasteiger partial charge in [0, 0.05) is 6.07 Å². The lowest BCUT2D eigenvalue weighted by Gasteiger charge is -2.09. The summed E-state index contributed by atoms with van der Waals surface area (Å²) in [6.45, 7) is 0.116. The number of anilines is 1.